The zero-order valence-corrected chi connectivity index (χ0v) is 13.4. The molecule has 0 bridgehead atoms. The van der Waals surface area contributed by atoms with E-state index in [0.29, 0.717) is 6.42 Å². The van der Waals surface area contributed by atoms with Gasteiger partial charge in [-0.15, -0.1) is 0 Å². The predicted molar refractivity (Wildman–Crippen MR) is 90.2 cm³/mol. The summed E-state index contributed by atoms with van der Waals surface area (Å²) < 4.78 is 21.8. The third-order valence-corrected chi connectivity index (χ3v) is 3.60. The van der Waals surface area contributed by atoms with Crippen molar-refractivity contribution in [2.45, 2.75) is 45.4 Å². The van der Waals surface area contributed by atoms with Crippen LogP contribution in [-0.4, -0.2) is 7.11 Å². The van der Waals surface area contributed by atoms with Crippen molar-refractivity contribution in [3.05, 3.63) is 65.2 Å². The standard InChI is InChI=1S/C20H26O/c1-20(2,3)18-12-8-16(9-13-18)6-5-7-17-10-14-19(21-4)15-11-17/h8-15H,5-7H2,1-4H3/i6D,7D. The van der Waals surface area contributed by atoms with Gasteiger partial charge >= 0.3 is 0 Å². The first-order valence-electron chi connectivity index (χ1n) is 8.55. The zero-order chi connectivity index (χ0) is 17.0. The lowest BCUT2D eigenvalue weighted by Crippen LogP contribution is -2.10. The van der Waals surface area contributed by atoms with Crippen LogP contribution in [0.3, 0.4) is 0 Å². The van der Waals surface area contributed by atoms with Crippen molar-refractivity contribution in [3.63, 3.8) is 0 Å². The molecule has 2 rings (SSSR count). The molecule has 0 saturated heterocycles. The maximum Gasteiger partial charge on any atom is 0.118 e. The van der Waals surface area contributed by atoms with Gasteiger partial charge in [-0.25, -0.2) is 0 Å². The quantitative estimate of drug-likeness (QED) is 0.736. The van der Waals surface area contributed by atoms with E-state index in [1.54, 1.807) is 7.11 Å². The van der Waals surface area contributed by atoms with Gasteiger partial charge in [-0.3, -0.25) is 0 Å². The van der Waals surface area contributed by atoms with Crippen molar-refractivity contribution in [3.8, 4) is 5.75 Å². The fraction of sp³-hybridized carbons (Fsp3) is 0.400. The fourth-order valence-corrected chi connectivity index (χ4v) is 2.19. The first-order chi connectivity index (χ1) is 10.8. The average Bonchev–Trinajstić information content (AvgIpc) is 2.54. The molecule has 1 heteroatoms. The molecule has 2 atom stereocenters. The maximum absolute atomic E-state index is 8.35. The molecule has 0 aliphatic rings. The van der Waals surface area contributed by atoms with Crippen molar-refractivity contribution in [2.24, 2.45) is 0 Å². The molecular weight excluding hydrogens is 256 g/mol. The predicted octanol–water partition coefficient (Wildman–Crippen LogP) is 5.17. The van der Waals surface area contributed by atoms with E-state index < -0.39 is 6.40 Å². The second-order valence-corrected chi connectivity index (χ2v) is 6.29. The van der Waals surface area contributed by atoms with Gasteiger partial charge in [-0.1, -0.05) is 57.2 Å². The molecule has 0 N–H and O–H groups in total. The van der Waals surface area contributed by atoms with Crippen LogP contribution in [0.25, 0.3) is 0 Å². The molecule has 0 spiro atoms. The number of aryl methyl sites for hydroxylation is 2. The smallest absolute Gasteiger partial charge is 0.118 e. The van der Waals surface area contributed by atoms with Crippen molar-refractivity contribution >= 4 is 0 Å². The van der Waals surface area contributed by atoms with E-state index in [0.717, 1.165) is 16.9 Å². The minimum Gasteiger partial charge on any atom is -0.497 e. The van der Waals surface area contributed by atoms with E-state index in [2.05, 4.69) is 32.9 Å². The highest BCUT2D eigenvalue weighted by atomic mass is 16.5. The minimum absolute atomic E-state index is 0.122. The second kappa shape index (κ2) is 6.80. The van der Waals surface area contributed by atoms with E-state index in [9.17, 15) is 0 Å². The van der Waals surface area contributed by atoms with Crippen LogP contribution in [0, 0.1) is 0 Å². The summed E-state index contributed by atoms with van der Waals surface area (Å²) >= 11 is 0. The highest BCUT2D eigenvalue weighted by Gasteiger charge is 2.12. The molecule has 0 fully saturated rings. The summed E-state index contributed by atoms with van der Waals surface area (Å²) in [5.41, 5.74) is 3.29. The molecule has 2 unspecified atom stereocenters. The van der Waals surface area contributed by atoms with E-state index in [4.69, 9.17) is 7.48 Å². The van der Waals surface area contributed by atoms with Gasteiger partial charge in [0.25, 0.3) is 0 Å². The van der Waals surface area contributed by atoms with Gasteiger partial charge in [0.05, 0.1) is 7.11 Å². The Hall–Kier alpha value is -1.76. The summed E-state index contributed by atoms with van der Waals surface area (Å²) in [4.78, 5) is 0. The summed E-state index contributed by atoms with van der Waals surface area (Å²) in [7, 11) is 1.63. The summed E-state index contributed by atoms with van der Waals surface area (Å²) in [6.45, 7) is 6.55. The Morgan fingerprint density at radius 1 is 0.857 bits per heavy atom. The number of hydrogen-bond donors (Lipinski definition) is 0. The average molecular weight is 284 g/mol. The van der Waals surface area contributed by atoms with Crippen LogP contribution >= 0.6 is 0 Å². The molecule has 0 saturated carbocycles. The summed E-state index contributed by atoms with van der Waals surface area (Å²) in [5, 5.41) is 0. The van der Waals surface area contributed by atoms with E-state index in [1.807, 2.05) is 36.4 Å². The second-order valence-electron chi connectivity index (χ2n) is 6.29. The van der Waals surface area contributed by atoms with Crippen LogP contribution < -0.4 is 4.74 Å². The normalized spacial score (nSPS) is 15.8. The first kappa shape index (κ1) is 12.9. The molecule has 0 amide bonds. The maximum atomic E-state index is 8.35. The monoisotopic (exact) mass is 284 g/mol. The number of hydrogen-bond acceptors (Lipinski definition) is 1. The number of ether oxygens (including phenoxy) is 1. The van der Waals surface area contributed by atoms with Crippen LogP contribution in [0.1, 0.15) is 46.6 Å². The molecule has 0 radical (unpaired) electrons. The van der Waals surface area contributed by atoms with Gasteiger partial charge < -0.3 is 4.74 Å². The summed E-state index contributed by atoms with van der Waals surface area (Å²) in [5.74, 6) is 0.793. The topological polar surface area (TPSA) is 9.23 Å². The van der Waals surface area contributed by atoms with Gasteiger partial charge in [0, 0.05) is 2.74 Å². The zero-order valence-electron chi connectivity index (χ0n) is 15.4. The Kier molecular flexibility index (Phi) is 4.19. The number of benzene rings is 2. The molecule has 2 aromatic rings. The molecule has 21 heavy (non-hydrogen) atoms. The van der Waals surface area contributed by atoms with Gasteiger partial charge in [0.15, 0.2) is 0 Å². The van der Waals surface area contributed by atoms with E-state index in [1.165, 1.54) is 5.56 Å². The number of methoxy groups -OCH3 is 1. The van der Waals surface area contributed by atoms with Gasteiger partial charge in [0.1, 0.15) is 5.75 Å². The third kappa shape index (κ3) is 4.63. The third-order valence-electron chi connectivity index (χ3n) is 3.60. The van der Waals surface area contributed by atoms with Crippen molar-refractivity contribution in [1.82, 2.24) is 0 Å². The molecule has 1 nitrogen and oxygen atoms in total. The molecule has 2 aromatic carbocycles. The highest BCUT2D eigenvalue weighted by Crippen LogP contribution is 2.22. The highest BCUT2D eigenvalue weighted by molar-refractivity contribution is 5.29. The molecular formula is C20H26O. The Bertz CT molecular complexity index is 612. The number of rotatable bonds is 5. The molecule has 0 aliphatic heterocycles. The van der Waals surface area contributed by atoms with Crippen molar-refractivity contribution in [1.29, 1.82) is 0 Å². The lowest BCUT2D eigenvalue weighted by atomic mass is 9.86. The Morgan fingerprint density at radius 3 is 1.76 bits per heavy atom. The summed E-state index contributed by atoms with van der Waals surface area (Å²) in [6, 6.07) is 15.8. The molecule has 0 aromatic heterocycles. The van der Waals surface area contributed by atoms with Crippen LogP contribution in [0.4, 0.5) is 0 Å². The lowest BCUT2D eigenvalue weighted by molar-refractivity contribution is 0.414. The largest absolute Gasteiger partial charge is 0.497 e. The van der Waals surface area contributed by atoms with Crippen molar-refractivity contribution in [2.75, 3.05) is 7.11 Å². The van der Waals surface area contributed by atoms with Gasteiger partial charge in [0.2, 0.25) is 0 Å². The Balaban J connectivity index is 2.04. The van der Waals surface area contributed by atoms with Crippen molar-refractivity contribution < 1.29 is 7.48 Å². The van der Waals surface area contributed by atoms with Crippen LogP contribution in [0.2, 0.25) is 0 Å². The van der Waals surface area contributed by atoms with E-state index in [-0.39, 0.29) is 11.8 Å². The lowest BCUT2D eigenvalue weighted by Gasteiger charge is -2.19. The van der Waals surface area contributed by atoms with Crippen LogP contribution in [-0.2, 0) is 18.2 Å². The Labute approximate surface area is 131 Å². The van der Waals surface area contributed by atoms with Crippen LogP contribution in [0.5, 0.6) is 5.75 Å². The van der Waals surface area contributed by atoms with E-state index >= 15 is 0 Å². The SMILES string of the molecule is [2H]C(CC([2H])c1ccc(C(C)(C)C)cc1)c1ccc(OC)cc1. The Morgan fingerprint density at radius 2 is 1.33 bits per heavy atom. The molecule has 0 aliphatic carbocycles. The van der Waals surface area contributed by atoms with Gasteiger partial charge in [-0.05, 0) is 53.5 Å². The fourth-order valence-electron chi connectivity index (χ4n) is 2.19. The van der Waals surface area contributed by atoms with Crippen LogP contribution in [0.15, 0.2) is 48.5 Å². The molecule has 112 valence electrons. The minimum atomic E-state index is -0.398. The first-order valence-corrected chi connectivity index (χ1v) is 7.40. The summed E-state index contributed by atoms with van der Waals surface area (Å²) in [6.07, 6.45) is -0.291. The van der Waals surface area contributed by atoms with Gasteiger partial charge in [-0.2, -0.15) is 0 Å². The molecule has 0 heterocycles.